The van der Waals surface area contributed by atoms with Crippen LogP contribution < -0.4 is 15.4 Å². The Labute approximate surface area is 141 Å². The summed E-state index contributed by atoms with van der Waals surface area (Å²) >= 11 is 11.5. The van der Waals surface area contributed by atoms with Gasteiger partial charge >= 0.3 is 0 Å². The van der Waals surface area contributed by atoms with Crippen LogP contribution in [0.25, 0.3) is 0 Å². The van der Waals surface area contributed by atoms with Crippen molar-refractivity contribution in [1.82, 2.24) is 10.6 Å². The number of rotatable bonds is 5. The number of nitrogens with one attached hydrogen (secondary N) is 2. The molecule has 0 saturated carbocycles. The molecular formula is C17H19ClN2OS. The van der Waals surface area contributed by atoms with E-state index in [1.165, 1.54) is 0 Å². The zero-order valence-electron chi connectivity index (χ0n) is 12.6. The highest BCUT2D eigenvalue weighted by Gasteiger charge is 2.09. The molecule has 0 aromatic heterocycles. The summed E-state index contributed by atoms with van der Waals surface area (Å²) < 4.78 is 5.14. The highest BCUT2D eigenvalue weighted by molar-refractivity contribution is 7.80. The number of halogens is 1. The fourth-order valence-corrected chi connectivity index (χ4v) is 2.63. The van der Waals surface area contributed by atoms with Gasteiger partial charge in [-0.05, 0) is 48.5 Å². The molecule has 0 aliphatic heterocycles. The molecule has 2 aromatic carbocycles. The van der Waals surface area contributed by atoms with Crippen LogP contribution in [0.4, 0.5) is 0 Å². The second-order valence-electron chi connectivity index (χ2n) is 4.92. The van der Waals surface area contributed by atoms with Crippen LogP contribution in [0.5, 0.6) is 5.75 Å². The van der Waals surface area contributed by atoms with Crippen molar-refractivity contribution >= 4 is 28.9 Å². The summed E-state index contributed by atoms with van der Waals surface area (Å²) in [6, 6.07) is 15.7. The maximum Gasteiger partial charge on any atom is 0.167 e. The van der Waals surface area contributed by atoms with Gasteiger partial charge < -0.3 is 15.4 Å². The predicted molar refractivity (Wildman–Crippen MR) is 95.4 cm³/mol. The number of methoxy groups -OCH3 is 1. The second-order valence-corrected chi connectivity index (χ2v) is 5.73. The standard InChI is InChI=1S/C17H19ClN2OS/c1-12(15-5-3-4-6-16(15)18)20-17(22)19-11-13-7-9-14(21-2)10-8-13/h3-10,12H,11H2,1-2H3,(H2,19,20,22)/t12-/m1/s1. The van der Waals surface area contributed by atoms with Gasteiger partial charge in [-0.1, -0.05) is 41.9 Å². The first-order valence-electron chi connectivity index (χ1n) is 7.02. The lowest BCUT2D eigenvalue weighted by molar-refractivity contribution is 0.414. The van der Waals surface area contributed by atoms with Gasteiger partial charge in [0.1, 0.15) is 5.75 Å². The van der Waals surface area contributed by atoms with Crippen molar-refractivity contribution in [3.05, 3.63) is 64.7 Å². The average Bonchev–Trinajstić information content (AvgIpc) is 2.53. The molecular weight excluding hydrogens is 316 g/mol. The van der Waals surface area contributed by atoms with E-state index in [9.17, 15) is 0 Å². The van der Waals surface area contributed by atoms with Crippen molar-refractivity contribution in [2.45, 2.75) is 19.5 Å². The lowest BCUT2D eigenvalue weighted by atomic mass is 10.1. The lowest BCUT2D eigenvalue weighted by Gasteiger charge is -2.18. The van der Waals surface area contributed by atoms with E-state index in [4.69, 9.17) is 28.6 Å². The van der Waals surface area contributed by atoms with Gasteiger partial charge in [0.2, 0.25) is 0 Å². The molecule has 5 heteroatoms. The number of thiocarbonyl (C=S) groups is 1. The van der Waals surface area contributed by atoms with Crippen molar-refractivity contribution < 1.29 is 4.74 Å². The molecule has 0 spiro atoms. The van der Waals surface area contributed by atoms with Crippen LogP contribution in [0.15, 0.2) is 48.5 Å². The number of benzene rings is 2. The summed E-state index contributed by atoms with van der Waals surface area (Å²) in [5, 5.41) is 7.77. The molecule has 2 rings (SSSR count). The Morgan fingerprint density at radius 1 is 1.18 bits per heavy atom. The monoisotopic (exact) mass is 334 g/mol. The van der Waals surface area contributed by atoms with E-state index >= 15 is 0 Å². The van der Waals surface area contributed by atoms with Gasteiger partial charge in [-0.2, -0.15) is 0 Å². The first kappa shape index (κ1) is 16.6. The predicted octanol–water partition coefficient (Wildman–Crippen LogP) is 4.07. The minimum Gasteiger partial charge on any atom is -0.497 e. The minimum atomic E-state index is 0.0459. The molecule has 0 aliphatic carbocycles. The molecule has 116 valence electrons. The van der Waals surface area contributed by atoms with Gasteiger partial charge in [0.05, 0.1) is 13.2 Å². The smallest absolute Gasteiger partial charge is 0.167 e. The Morgan fingerprint density at radius 2 is 1.86 bits per heavy atom. The van der Waals surface area contributed by atoms with E-state index in [1.54, 1.807) is 7.11 Å². The normalized spacial score (nSPS) is 11.6. The molecule has 2 aromatic rings. The molecule has 22 heavy (non-hydrogen) atoms. The Hall–Kier alpha value is -1.78. The van der Waals surface area contributed by atoms with Crippen molar-refractivity contribution in [2.24, 2.45) is 0 Å². The third kappa shape index (κ3) is 4.61. The maximum atomic E-state index is 6.19. The third-order valence-electron chi connectivity index (χ3n) is 3.33. The van der Waals surface area contributed by atoms with Crippen LogP contribution in [-0.4, -0.2) is 12.2 Å². The molecule has 0 fully saturated rings. The summed E-state index contributed by atoms with van der Waals surface area (Å²) in [6.45, 7) is 2.69. The number of hydrogen-bond acceptors (Lipinski definition) is 2. The average molecular weight is 335 g/mol. The van der Waals surface area contributed by atoms with Crippen molar-refractivity contribution in [3.8, 4) is 5.75 Å². The molecule has 2 N–H and O–H groups in total. The first-order valence-corrected chi connectivity index (χ1v) is 7.80. The minimum absolute atomic E-state index is 0.0459. The largest absolute Gasteiger partial charge is 0.497 e. The summed E-state index contributed by atoms with van der Waals surface area (Å²) in [5.74, 6) is 0.844. The summed E-state index contributed by atoms with van der Waals surface area (Å²) in [4.78, 5) is 0. The third-order valence-corrected chi connectivity index (χ3v) is 3.94. The molecule has 0 unspecified atom stereocenters. The Bertz CT molecular complexity index is 631. The SMILES string of the molecule is COc1ccc(CNC(=S)N[C@H](C)c2ccccc2Cl)cc1. The summed E-state index contributed by atoms with van der Waals surface area (Å²) in [6.07, 6.45) is 0. The van der Waals surface area contributed by atoms with Crippen LogP contribution in [0.2, 0.25) is 5.02 Å². The summed E-state index contributed by atoms with van der Waals surface area (Å²) in [5.41, 5.74) is 2.16. The highest BCUT2D eigenvalue weighted by Crippen LogP contribution is 2.21. The van der Waals surface area contributed by atoms with E-state index in [0.29, 0.717) is 11.7 Å². The molecule has 0 radical (unpaired) electrons. The van der Waals surface area contributed by atoms with Crippen LogP contribution in [0.3, 0.4) is 0 Å². The van der Waals surface area contributed by atoms with Crippen molar-refractivity contribution in [1.29, 1.82) is 0 Å². The second kappa shape index (κ2) is 8.01. The van der Waals surface area contributed by atoms with Crippen molar-refractivity contribution in [3.63, 3.8) is 0 Å². The Morgan fingerprint density at radius 3 is 2.50 bits per heavy atom. The molecule has 1 atom stereocenters. The molecule has 0 amide bonds. The van der Waals surface area contributed by atoms with Gasteiger partial charge in [-0.15, -0.1) is 0 Å². The van der Waals surface area contributed by atoms with Gasteiger partial charge in [0.15, 0.2) is 5.11 Å². The molecule has 0 saturated heterocycles. The Balaban J connectivity index is 1.86. The van der Waals surface area contributed by atoms with Gasteiger partial charge in [-0.25, -0.2) is 0 Å². The van der Waals surface area contributed by atoms with E-state index in [1.807, 2.05) is 55.5 Å². The van der Waals surface area contributed by atoms with Crippen LogP contribution in [0, 0.1) is 0 Å². The lowest BCUT2D eigenvalue weighted by Crippen LogP contribution is -2.36. The van der Waals surface area contributed by atoms with Crippen LogP contribution in [0.1, 0.15) is 24.1 Å². The Kier molecular flexibility index (Phi) is 6.04. The van der Waals surface area contributed by atoms with Crippen LogP contribution in [-0.2, 0) is 6.54 Å². The van der Waals surface area contributed by atoms with E-state index in [2.05, 4.69) is 10.6 Å². The van der Waals surface area contributed by atoms with E-state index in [0.717, 1.165) is 21.9 Å². The maximum absolute atomic E-state index is 6.19. The zero-order chi connectivity index (χ0) is 15.9. The molecule has 0 bridgehead atoms. The number of hydrogen-bond donors (Lipinski definition) is 2. The summed E-state index contributed by atoms with van der Waals surface area (Å²) in [7, 11) is 1.66. The highest BCUT2D eigenvalue weighted by atomic mass is 35.5. The van der Waals surface area contributed by atoms with Gasteiger partial charge in [0.25, 0.3) is 0 Å². The van der Waals surface area contributed by atoms with Gasteiger partial charge in [-0.3, -0.25) is 0 Å². The zero-order valence-corrected chi connectivity index (χ0v) is 14.2. The van der Waals surface area contributed by atoms with E-state index in [-0.39, 0.29) is 6.04 Å². The fraction of sp³-hybridized carbons (Fsp3) is 0.235. The number of ether oxygens (including phenoxy) is 1. The molecule has 0 aliphatic rings. The fourth-order valence-electron chi connectivity index (χ4n) is 2.08. The molecule has 3 nitrogen and oxygen atoms in total. The van der Waals surface area contributed by atoms with Crippen LogP contribution >= 0.6 is 23.8 Å². The van der Waals surface area contributed by atoms with Crippen molar-refractivity contribution in [2.75, 3.05) is 7.11 Å². The topological polar surface area (TPSA) is 33.3 Å². The first-order chi connectivity index (χ1) is 10.6. The molecule has 0 heterocycles. The quantitative estimate of drug-likeness (QED) is 0.807. The van der Waals surface area contributed by atoms with Gasteiger partial charge in [0, 0.05) is 11.6 Å². The van der Waals surface area contributed by atoms with E-state index < -0.39 is 0 Å².